The fourth-order valence-corrected chi connectivity index (χ4v) is 2.30. The van der Waals surface area contributed by atoms with E-state index in [1.807, 2.05) is 12.1 Å². The van der Waals surface area contributed by atoms with Gasteiger partial charge in [-0.15, -0.1) is 0 Å². The summed E-state index contributed by atoms with van der Waals surface area (Å²) >= 11 is 5.86. The minimum absolute atomic E-state index is 0.260. The SMILES string of the molecule is O=C(Nc1cccc(F)c1)Nc1ncccc1OCc1ccc(Cl)cc1. The maximum Gasteiger partial charge on any atom is 0.324 e. The molecule has 0 unspecified atom stereocenters. The van der Waals surface area contributed by atoms with Crippen molar-refractivity contribution in [3.05, 3.63) is 83.3 Å². The molecular weight excluding hydrogens is 357 g/mol. The maximum atomic E-state index is 13.2. The van der Waals surface area contributed by atoms with Crippen molar-refractivity contribution in [2.75, 3.05) is 10.6 Å². The Labute approximate surface area is 154 Å². The lowest BCUT2D eigenvalue weighted by Crippen LogP contribution is -2.20. The molecule has 1 aromatic heterocycles. The van der Waals surface area contributed by atoms with Crippen molar-refractivity contribution >= 4 is 29.1 Å². The fourth-order valence-electron chi connectivity index (χ4n) is 2.18. The van der Waals surface area contributed by atoms with Gasteiger partial charge in [-0.3, -0.25) is 5.32 Å². The van der Waals surface area contributed by atoms with Crippen molar-refractivity contribution in [3.8, 4) is 5.75 Å². The van der Waals surface area contributed by atoms with Gasteiger partial charge in [0.15, 0.2) is 11.6 Å². The van der Waals surface area contributed by atoms with Crippen LogP contribution in [0.25, 0.3) is 0 Å². The molecular formula is C19H15ClFN3O2. The van der Waals surface area contributed by atoms with Crippen LogP contribution in [-0.4, -0.2) is 11.0 Å². The molecule has 3 rings (SSSR count). The largest absolute Gasteiger partial charge is 0.485 e. The molecule has 132 valence electrons. The van der Waals surface area contributed by atoms with Gasteiger partial charge in [0.1, 0.15) is 12.4 Å². The Balaban J connectivity index is 1.64. The number of pyridine rings is 1. The molecule has 1 heterocycles. The van der Waals surface area contributed by atoms with Gasteiger partial charge < -0.3 is 10.1 Å². The van der Waals surface area contributed by atoms with E-state index in [1.165, 1.54) is 24.4 Å². The highest BCUT2D eigenvalue weighted by atomic mass is 35.5. The number of anilines is 2. The smallest absolute Gasteiger partial charge is 0.324 e. The molecule has 5 nitrogen and oxygen atoms in total. The standard InChI is InChI=1S/C19H15ClFN3O2/c20-14-8-6-13(7-9-14)12-26-17-5-2-10-22-18(17)24-19(25)23-16-4-1-3-15(21)11-16/h1-11H,12H2,(H2,22,23,24,25). The summed E-state index contributed by atoms with van der Waals surface area (Å²) in [5, 5.41) is 5.78. The Kier molecular flexibility index (Phi) is 5.66. The monoisotopic (exact) mass is 371 g/mol. The summed E-state index contributed by atoms with van der Waals surface area (Å²) in [5.41, 5.74) is 1.26. The summed E-state index contributed by atoms with van der Waals surface area (Å²) in [6.45, 7) is 0.295. The summed E-state index contributed by atoms with van der Waals surface area (Å²) in [7, 11) is 0. The van der Waals surface area contributed by atoms with Crippen LogP contribution in [0.15, 0.2) is 66.9 Å². The van der Waals surface area contributed by atoms with Gasteiger partial charge in [0.05, 0.1) is 0 Å². The van der Waals surface area contributed by atoms with Gasteiger partial charge in [-0.25, -0.2) is 14.2 Å². The lowest BCUT2D eigenvalue weighted by molar-refractivity contribution is 0.261. The number of nitrogens with zero attached hydrogens (tertiary/aromatic N) is 1. The summed E-state index contributed by atoms with van der Waals surface area (Å²) in [6, 6.07) is 15.7. The molecule has 0 saturated heterocycles. The molecule has 0 aliphatic carbocycles. The number of nitrogens with one attached hydrogen (secondary N) is 2. The number of carbonyl (C=O) groups excluding carboxylic acids is 1. The highest BCUT2D eigenvalue weighted by molar-refractivity contribution is 6.30. The average Bonchev–Trinajstić information content (AvgIpc) is 2.62. The third-order valence-electron chi connectivity index (χ3n) is 3.39. The predicted octanol–water partition coefficient (Wildman–Crippen LogP) is 5.10. The number of hydrogen-bond acceptors (Lipinski definition) is 3. The van der Waals surface area contributed by atoms with E-state index in [0.29, 0.717) is 23.1 Å². The van der Waals surface area contributed by atoms with Gasteiger partial charge >= 0.3 is 6.03 Å². The molecule has 0 bridgehead atoms. The molecule has 0 aliphatic heterocycles. The van der Waals surface area contributed by atoms with Crippen LogP contribution >= 0.6 is 11.6 Å². The van der Waals surface area contributed by atoms with E-state index < -0.39 is 11.8 Å². The minimum atomic E-state index is -0.550. The number of amides is 2. The van der Waals surface area contributed by atoms with Gasteiger partial charge in [0.25, 0.3) is 0 Å². The molecule has 3 aromatic rings. The molecule has 2 N–H and O–H groups in total. The quantitative estimate of drug-likeness (QED) is 0.656. The Morgan fingerprint density at radius 3 is 2.65 bits per heavy atom. The molecule has 2 amide bonds. The van der Waals surface area contributed by atoms with E-state index in [0.717, 1.165) is 5.56 Å². The van der Waals surface area contributed by atoms with Crippen molar-refractivity contribution in [1.29, 1.82) is 0 Å². The van der Waals surface area contributed by atoms with Crippen LogP contribution in [0.4, 0.5) is 20.7 Å². The first kappa shape index (κ1) is 17.7. The normalized spacial score (nSPS) is 10.2. The first-order chi connectivity index (χ1) is 12.6. The second kappa shape index (κ2) is 8.31. The van der Waals surface area contributed by atoms with E-state index in [1.54, 1.807) is 30.3 Å². The average molecular weight is 372 g/mol. The van der Waals surface area contributed by atoms with Gasteiger partial charge in [0, 0.05) is 16.9 Å². The number of aromatic nitrogens is 1. The first-order valence-corrected chi connectivity index (χ1v) is 8.14. The molecule has 7 heteroatoms. The molecule has 26 heavy (non-hydrogen) atoms. The van der Waals surface area contributed by atoms with Crippen LogP contribution in [-0.2, 0) is 6.61 Å². The lowest BCUT2D eigenvalue weighted by Gasteiger charge is -2.12. The van der Waals surface area contributed by atoms with E-state index in [4.69, 9.17) is 16.3 Å². The van der Waals surface area contributed by atoms with Crippen molar-refractivity contribution in [2.24, 2.45) is 0 Å². The molecule has 2 aromatic carbocycles. The van der Waals surface area contributed by atoms with Crippen LogP contribution in [0.2, 0.25) is 5.02 Å². The summed E-state index contributed by atoms with van der Waals surface area (Å²) < 4.78 is 18.9. The summed E-state index contributed by atoms with van der Waals surface area (Å²) in [4.78, 5) is 16.2. The third-order valence-corrected chi connectivity index (χ3v) is 3.64. The number of hydrogen-bond donors (Lipinski definition) is 2. The first-order valence-electron chi connectivity index (χ1n) is 7.76. The Bertz CT molecular complexity index is 903. The summed E-state index contributed by atoms with van der Waals surface area (Å²) in [6.07, 6.45) is 1.53. The van der Waals surface area contributed by atoms with Gasteiger partial charge in [0.2, 0.25) is 0 Å². The fraction of sp³-hybridized carbons (Fsp3) is 0.0526. The molecule has 0 atom stereocenters. The van der Waals surface area contributed by atoms with Gasteiger partial charge in [-0.1, -0.05) is 29.8 Å². The zero-order chi connectivity index (χ0) is 18.4. The number of carbonyl (C=O) groups is 1. The molecule has 0 saturated carbocycles. The van der Waals surface area contributed by atoms with Crippen molar-refractivity contribution < 1.29 is 13.9 Å². The number of urea groups is 1. The molecule has 0 fully saturated rings. The zero-order valence-electron chi connectivity index (χ0n) is 13.6. The summed E-state index contributed by atoms with van der Waals surface area (Å²) in [5.74, 6) is 0.236. The Hall–Kier alpha value is -3.12. The number of rotatable bonds is 5. The van der Waals surface area contributed by atoms with E-state index in [9.17, 15) is 9.18 Å². The van der Waals surface area contributed by atoms with Crippen molar-refractivity contribution in [1.82, 2.24) is 4.98 Å². The third kappa shape index (κ3) is 4.94. The topological polar surface area (TPSA) is 63.2 Å². The van der Waals surface area contributed by atoms with E-state index in [2.05, 4.69) is 15.6 Å². The maximum absolute atomic E-state index is 13.2. The number of ether oxygens (including phenoxy) is 1. The highest BCUT2D eigenvalue weighted by Gasteiger charge is 2.10. The van der Waals surface area contributed by atoms with E-state index >= 15 is 0 Å². The predicted molar refractivity (Wildman–Crippen MR) is 99.1 cm³/mol. The second-order valence-electron chi connectivity index (χ2n) is 5.35. The number of halogens is 2. The minimum Gasteiger partial charge on any atom is -0.485 e. The van der Waals surface area contributed by atoms with Crippen LogP contribution in [0, 0.1) is 5.82 Å². The highest BCUT2D eigenvalue weighted by Crippen LogP contribution is 2.23. The van der Waals surface area contributed by atoms with Crippen molar-refractivity contribution in [3.63, 3.8) is 0 Å². The van der Waals surface area contributed by atoms with E-state index in [-0.39, 0.29) is 5.82 Å². The molecule has 0 aliphatic rings. The Morgan fingerprint density at radius 1 is 1.08 bits per heavy atom. The Morgan fingerprint density at radius 2 is 1.88 bits per heavy atom. The molecule has 0 spiro atoms. The van der Waals surface area contributed by atoms with Gasteiger partial charge in [-0.2, -0.15) is 0 Å². The van der Waals surface area contributed by atoms with Crippen LogP contribution < -0.4 is 15.4 Å². The second-order valence-corrected chi connectivity index (χ2v) is 5.79. The van der Waals surface area contributed by atoms with Gasteiger partial charge in [-0.05, 0) is 48.0 Å². The van der Waals surface area contributed by atoms with Crippen molar-refractivity contribution in [2.45, 2.75) is 6.61 Å². The van der Waals surface area contributed by atoms with Crippen LogP contribution in [0.3, 0.4) is 0 Å². The van der Waals surface area contributed by atoms with Crippen LogP contribution in [0.1, 0.15) is 5.56 Å². The molecule has 0 radical (unpaired) electrons. The van der Waals surface area contributed by atoms with Crippen LogP contribution in [0.5, 0.6) is 5.75 Å². The zero-order valence-corrected chi connectivity index (χ0v) is 14.3. The number of benzene rings is 2. The lowest BCUT2D eigenvalue weighted by atomic mass is 10.2.